The van der Waals surface area contributed by atoms with E-state index in [9.17, 15) is 0 Å². The van der Waals surface area contributed by atoms with Gasteiger partial charge in [0.25, 0.3) is 0 Å². The van der Waals surface area contributed by atoms with Crippen LogP contribution < -0.4 is 10.1 Å². The number of aliphatic carboxylic acids is 2. The predicted octanol–water partition coefficient (Wildman–Crippen LogP) is 4.30. The lowest BCUT2D eigenvalue weighted by atomic mass is 10.2. The van der Waals surface area contributed by atoms with E-state index in [4.69, 9.17) is 24.5 Å². The molecule has 3 N–H and O–H groups in total. The van der Waals surface area contributed by atoms with Gasteiger partial charge in [0.05, 0.1) is 7.11 Å². The van der Waals surface area contributed by atoms with Gasteiger partial charge in [0, 0.05) is 26.7 Å². The molecule has 0 saturated carbocycles. The van der Waals surface area contributed by atoms with Crippen LogP contribution in [0.5, 0.6) is 5.75 Å². The number of carboxylic acid groups (broad SMARTS) is 2. The summed E-state index contributed by atoms with van der Waals surface area (Å²) in [5.74, 6) is -2.76. The van der Waals surface area contributed by atoms with E-state index in [1.807, 2.05) is 12.1 Å². The number of hydrogen-bond donors (Lipinski definition) is 3. The average Bonchev–Trinajstić information content (AvgIpc) is 2.54. The Morgan fingerprint density at radius 1 is 1.08 bits per heavy atom. The maximum atomic E-state index is 9.10. The van der Waals surface area contributed by atoms with Gasteiger partial charge in [0.2, 0.25) is 0 Å². The van der Waals surface area contributed by atoms with Crippen LogP contribution in [-0.2, 0) is 16.1 Å². The highest BCUT2D eigenvalue weighted by Crippen LogP contribution is 2.27. The molecule has 6 nitrogen and oxygen atoms in total. The van der Waals surface area contributed by atoms with Crippen LogP contribution in [0.25, 0.3) is 0 Å². The normalized spacial score (nSPS) is 9.60. The molecule has 0 saturated heterocycles. The fourth-order valence-electron chi connectivity index (χ4n) is 1.84. The van der Waals surface area contributed by atoms with Gasteiger partial charge in [-0.15, -0.1) is 0 Å². The molecular formula is C17H17Br2NO5. The van der Waals surface area contributed by atoms with E-state index >= 15 is 0 Å². The summed E-state index contributed by atoms with van der Waals surface area (Å²) in [6, 6.07) is 12.3. The first-order valence-electron chi connectivity index (χ1n) is 7.03. The van der Waals surface area contributed by atoms with Crippen molar-refractivity contribution in [3.8, 4) is 5.75 Å². The monoisotopic (exact) mass is 473 g/mol. The standard InChI is InChI=1S/C15H15Br2NO.C2H2O4/c1-10-3-5-14(13(17)7-10)18-9-11-8-12(16)4-6-15(11)19-2;3-1(4)2(5)6/h3-8,18H,9H2,1-2H3;(H,3,4)(H,5,6). The number of ether oxygens (including phenoxy) is 1. The van der Waals surface area contributed by atoms with E-state index in [0.29, 0.717) is 6.54 Å². The molecule has 2 aromatic rings. The molecule has 0 spiro atoms. The van der Waals surface area contributed by atoms with Crippen LogP contribution in [0.15, 0.2) is 45.3 Å². The number of nitrogens with one attached hydrogen (secondary N) is 1. The van der Waals surface area contributed by atoms with Gasteiger partial charge in [-0.25, -0.2) is 9.59 Å². The summed E-state index contributed by atoms with van der Waals surface area (Å²) in [6.45, 7) is 2.79. The summed E-state index contributed by atoms with van der Waals surface area (Å²) in [4.78, 5) is 18.2. The molecule has 0 amide bonds. The zero-order valence-electron chi connectivity index (χ0n) is 13.5. The van der Waals surface area contributed by atoms with Gasteiger partial charge in [-0.3, -0.25) is 0 Å². The van der Waals surface area contributed by atoms with Gasteiger partial charge in [-0.2, -0.15) is 0 Å². The second kappa shape index (κ2) is 10.0. The SMILES string of the molecule is COc1ccc(Br)cc1CNc1ccc(C)cc1Br.O=C(O)C(=O)O. The Kier molecular flexibility index (Phi) is 8.44. The number of anilines is 1. The summed E-state index contributed by atoms with van der Waals surface area (Å²) >= 11 is 7.05. The Hall–Kier alpha value is -2.06. The van der Waals surface area contributed by atoms with Crippen molar-refractivity contribution in [1.82, 2.24) is 0 Å². The Morgan fingerprint density at radius 3 is 2.24 bits per heavy atom. The number of carbonyl (C=O) groups is 2. The maximum Gasteiger partial charge on any atom is 0.414 e. The molecule has 8 heteroatoms. The Labute approximate surface area is 162 Å². The number of aryl methyl sites for hydroxylation is 1. The van der Waals surface area contributed by atoms with Crippen molar-refractivity contribution in [2.75, 3.05) is 12.4 Å². The predicted molar refractivity (Wildman–Crippen MR) is 102 cm³/mol. The molecule has 0 fully saturated rings. The summed E-state index contributed by atoms with van der Waals surface area (Å²) < 4.78 is 7.49. The van der Waals surface area contributed by atoms with E-state index in [2.05, 4.69) is 68.4 Å². The van der Waals surface area contributed by atoms with E-state index in [0.717, 1.165) is 25.9 Å². The quantitative estimate of drug-likeness (QED) is 0.572. The molecule has 2 aromatic carbocycles. The third-order valence-electron chi connectivity index (χ3n) is 3.02. The van der Waals surface area contributed by atoms with Crippen molar-refractivity contribution in [3.63, 3.8) is 0 Å². The van der Waals surface area contributed by atoms with Gasteiger partial charge in [0.15, 0.2) is 0 Å². The van der Waals surface area contributed by atoms with Gasteiger partial charge in [-0.05, 0) is 58.7 Å². The average molecular weight is 475 g/mol. The van der Waals surface area contributed by atoms with E-state index in [-0.39, 0.29) is 0 Å². The Balaban J connectivity index is 0.000000450. The molecule has 0 aliphatic carbocycles. The molecule has 0 unspecified atom stereocenters. The Morgan fingerprint density at radius 2 is 1.72 bits per heavy atom. The lowest BCUT2D eigenvalue weighted by Crippen LogP contribution is -2.09. The lowest BCUT2D eigenvalue weighted by molar-refractivity contribution is -0.159. The number of methoxy groups -OCH3 is 1. The minimum atomic E-state index is -1.82. The summed E-state index contributed by atoms with van der Waals surface area (Å²) in [6.07, 6.45) is 0. The van der Waals surface area contributed by atoms with Crippen LogP contribution in [0.3, 0.4) is 0 Å². The van der Waals surface area contributed by atoms with Crippen molar-refractivity contribution in [3.05, 3.63) is 56.5 Å². The van der Waals surface area contributed by atoms with Crippen LogP contribution >= 0.6 is 31.9 Å². The summed E-state index contributed by atoms with van der Waals surface area (Å²) in [7, 11) is 1.69. The van der Waals surface area contributed by atoms with Crippen LogP contribution in [0.1, 0.15) is 11.1 Å². The minimum Gasteiger partial charge on any atom is -0.496 e. The third kappa shape index (κ3) is 7.15. The largest absolute Gasteiger partial charge is 0.496 e. The third-order valence-corrected chi connectivity index (χ3v) is 4.17. The first kappa shape index (κ1) is 21.0. The van der Waals surface area contributed by atoms with Gasteiger partial charge in [-0.1, -0.05) is 22.0 Å². The summed E-state index contributed by atoms with van der Waals surface area (Å²) in [5, 5.41) is 18.2. The highest BCUT2D eigenvalue weighted by Gasteiger charge is 2.05. The van der Waals surface area contributed by atoms with Crippen LogP contribution in [-0.4, -0.2) is 29.3 Å². The molecule has 0 aliphatic heterocycles. The number of halogens is 2. The molecule has 25 heavy (non-hydrogen) atoms. The number of carboxylic acids is 2. The van der Waals surface area contributed by atoms with Gasteiger partial charge in [0.1, 0.15) is 5.75 Å². The number of benzene rings is 2. The smallest absolute Gasteiger partial charge is 0.414 e. The molecule has 0 aliphatic rings. The first-order valence-corrected chi connectivity index (χ1v) is 8.61. The zero-order chi connectivity index (χ0) is 19.0. The van der Waals surface area contributed by atoms with Crippen molar-refractivity contribution in [1.29, 1.82) is 0 Å². The topological polar surface area (TPSA) is 95.9 Å². The molecule has 0 heterocycles. The molecule has 2 rings (SSSR count). The maximum absolute atomic E-state index is 9.10. The molecule has 0 bridgehead atoms. The van der Waals surface area contributed by atoms with Crippen LogP contribution in [0.4, 0.5) is 5.69 Å². The van der Waals surface area contributed by atoms with E-state index in [1.165, 1.54) is 5.56 Å². The molecule has 0 atom stereocenters. The molecule has 0 aromatic heterocycles. The van der Waals surface area contributed by atoms with Crippen molar-refractivity contribution in [2.45, 2.75) is 13.5 Å². The van der Waals surface area contributed by atoms with E-state index in [1.54, 1.807) is 7.11 Å². The van der Waals surface area contributed by atoms with E-state index < -0.39 is 11.9 Å². The number of rotatable bonds is 4. The second-order valence-electron chi connectivity index (χ2n) is 4.90. The fourth-order valence-corrected chi connectivity index (χ4v) is 2.88. The molecule has 134 valence electrons. The van der Waals surface area contributed by atoms with Crippen LogP contribution in [0, 0.1) is 6.92 Å². The molecular weight excluding hydrogens is 458 g/mol. The van der Waals surface area contributed by atoms with Gasteiger partial charge >= 0.3 is 11.9 Å². The summed E-state index contributed by atoms with van der Waals surface area (Å²) in [5.41, 5.74) is 3.43. The second-order valence-corrected chi connectivity index (χ2v) is 6.67. The highest BCUT2D eigenvalue weighted by molar-refractivity contribution is 9.10. The molecule has 0 radical (unpaired) electrons. The number of hydrogen-bond acceptors (Lipinski definition) is 4. The van der Waals surface area contributed by atoms with Crippen molar-refractivity contribution >= 4 is 49.5 Å². The first-order chi connectivity index (χ1) is 11.7. The van der Waals surface area contributed by atoms with Gasteiger partial charge < -0.3 is 20.3 Å². The van der Waals surface area contributed by atoms with Crippen molar-refractivity contribution in [2.24, 2.45) is 0 Å². The Bertz CT molecular complexity index is 753. The van der Waals surface area contributed by atoms with Crippen LogP contribution in [0.2, 0.25) is 0 Å². The fraction of sp³-hybridized carbons (Fsp3) is 0.176. The zero-order valence-corrected chi connectivity index (χ0v) is 16.7. The minimum absolute atomic E-state index is 0.713. The highest BCUT2D eigenvalue weighted by atomic mass is 79.9. The van der Waals surface area contributed by atoms with Crippen molar-refractivity contribution < 1.29 is 24.5 Å². The lowest BCUT2D eigenvalue weighted by Gasteiger charge is -2.12.